The van der Waals surface area contributed by atoms with Crippen molar-refractivity contribution < 1.29 is 0 Å². The third-order valence-corrected chi connectivity index (χ3v) is 4.73. The van der Waals surface area contributed by atoms with Crippen LogP contribution in [0.15, 0.2) is 53.8 Å². The van der Waals surface area contributed by atoms with E-state index < -0.39 is 0 Å². The molecule has 0 saturated carbocycles. The number of piperazine rings is 1. The van der Waals surface area contributed by atoms with E-state index in [-0.39, 0.29) is 24.0 Å². The summed E-state index contributed by atoms with van der Waals surface area (Å²) in [6.45, 7) is 7.17. The molecule has 2 N–H and O–H groups in total. The number of fused-ring (bicyclic) bond motifs is 1. The van der Waals surface area contributed by atoms with Crippen LogP contribution >= 0.6 is 24.0 Å². The van der Waals surface area contributed by atoms with Crippen molar-refractivity contribution in [3.8, 4) is 0 Å². The highest BCUT2D eigenvalue weighted by atomic mass is 127. The van der Waals surface area contributed by atoms with E-state index in [1.807, 2.05) is 12.1 Å². The van der Waals surface area contributed by atoms with Crippen LogP contribution in [0.4, 0.5) is 5.95 Å². The minimum atomic E-state index is 0. The van der Waals surface area contributed by atoms with Gasteiger partial charge in [-0.15, -0.1) is 24.0 Å². The molecule has 7 nitrogen and oxygen atoms in total. The molecular weight excluding hydrogens is 465 g/mol. The Morgan fingerprint density at radius 3 is 2.57 bits per heavy atom. The number of aromatic nitrogens is 3. The van der Waals surface area contributed by atoms with Gasteiger partial charge in [-0.3, -0.25) is 0 Å². The predicted molar refractivity (Wildman–Crippen MR) is 124 cm³/mol. The van der Waals surface area contributed by atoms with Gasteiger partial charge in [0, 0.05) is 56.3 Å². The zero-order chi connectivity index (χ0) is 18.5. The summed E-state index contributed by atoms with van der Waals surface area (Å²) in [6, 6.07) is 12.3. The summed E-state index contributed by atoms with van der Waals surface area (Å²) < 4.78 is 0. The van der Waals surface area contributed by atoms with Crippen LogP contribution < -0.4 is 10.2 Å². The molecule has 1 aliphatic rings. The van der Waals surface area contributed by atoms with Crippen LogP contribution in [0.3, 0.4) is 0 Å². The van der Waals surface area contributed by atoms with Crippen molar-refractivity contribution in [1.29, 1.82) is 0 Å². The van der Waals surface area contributed by atoms with Crippen molar-refractivity contribution in [1.82, 2.24) is 25.2 Å². The molecule has 0 radical (unpaired) electrons. The highest BCUT2D eigenvalue weighted by Gasteiger charge is 2.21. The molecule has 1 aromatic carbocycles. The van der Waals surface area contributed by atoms with Gasteiger partial charge >= 0.3 is 0 Å². The van der Waals surface area contributed by atoms with E-state index in [9.17, 15) is 0 Å². The number of benzene rings is 1. The van der Waals surface area contributed by atoms with E-state index in [1.165, 1.54) is 5.39 Å². The first-order valence-corrected chi connectivity index (χ1v) is 9.45. The number of aromatic amines is 1. The van der Waals surface area contributed by atoms with Gasteiger partial charge in [-0.05, 0) is 30.5 Å². The maximum absolute atomic E-state index is 4.85. The van der Waals surface area contributed by atoms with Crippen molar-refractivity contribution in [2.24, 2.45) is 4.99 Å². The summed E-state index contributed by atoms with van der Waals surface area (Å²) in [5.74, 6) is 1.77. The molecule has 4 rings (SSSR count). The third-order valence-electron chi connectivity index (χ3n) is 4.73. The predicted octanol–water partition coefficient (Wildman–Crippen LogP) is 2.86. The van der Waals surface area contributed by atoms with Crippen LogP contribution in [0.5, 0.6) is 0 Å². The van der Waals surface area contributed by atoms with Crippen LogP contribution in [-0.4, -0.2) is 58.5 Å². The van der Waals surface area contributed by atoms with Gasteiger partial charge in [-0.1, -0.05) is 18.2 Å². The molecule has 3 aromatic rings. The van der Waals surface area contributed by atoms with Crippen molar-refractivity contribution in [2.45, 2.75) is 13.5 Å². The second-order valence-electron chi connectivity index (χ2n) is 6.57. The number of H-pyrrole nitrogens is 1. The maximum Gasteiger partial charge on any atom is 0.225 e. The quantitative estimate of drug-likeness (QED) is 0.334. The molecule has 28 heavy (non-hydrogen) atoms. The fourth-order valence-electron chi connectivity index (χ4n) is 3.38. The van der Waals surface area contributed by atoms with Crippen LogP contribution in [0.25, 0.3) is 10.9 Å². The van der Waals surface area contributed by atoms with Gasteiger partial charge in [-0.2, -0.15) is 0 Å². The molecule has 3 heterocycles. The number of aliphatic imine (C=N–C) groups is 1. The van der Waals surface area contributed by atoms with E-state index in [2.05, 4.69) is 61.3 Å². The Labute approximate surface area is 182 Å². The second-order valence-corrected chi connectivity index (χ2v) is 6.57. The Morgan fingerprint density at radius 2 is 1.86 bits per heavy atom. The molecular formula is C20H26IN7. The van der Waals surface area contributed by atoms with Crippen LogP contribution in [0.2, 0.25) is 0 Å². The Hall–Kier alpha value is -2.36. The largest absolute Gasteiger partial charge is 0.357 e. The summed E-state index contributed by atoms with van der Waals surface area (Å²) in [5, 5.41) is 4.65. The lowest BCUT2D eigenvalue weighted by atomic mass is 10.2. The third kappa shape index (κ3) is 4.73. The second kappa shape index (κ2) is 9.72. The Kier molecular flexibility index (Phi) is 7.07. The maximum atomic E-state index is 4.85. The molecule has 0 bridgehead atoms. The van der Waals surface area contributed by atoms with E-state index in [1.54, 1.807) is 12.4 Å². The number of nitrogens with one attached hydrogen (secondary N) is 2. The van der Waals surface area contributed by atoms with Gasteiger partial charge < -0.3 is 20.1 Å². The fraction of sp³-hybridized carbons (Fsp3) is 0.350. The zero-order valence-corrected chi connectivity index (χ0v) is 18.3. The van der Waals surface area contributed by atoms with Gasteiger partial charge in [0.15, 0.2) is 5.96 Å². The van der Waals surface area contributed by atoms with Gasteiger partial charge in [-0.25, -0.2) is 15.0 Å². The fourth-order valence-corrected chi connectivity index (χ4v) is 3.38. The molecule has 0 unspecified atom stereocenters. The Balaban J connectivity index is 0.00000225. The van der Waals surface area contributed by atoms with E-state index in [0.29, 0.717) is 6.54 Å². The molecule has 0 aliphatic carbocycles. The first-order chi connectivity index (χ1) is 13.3. The summed E-state index contributed by atoms with van der Waals surface area (Å²) in [4.78, 5) is 21.5. The van der Waals surface area contributed by atoms with Crippen molar-refractivity contribution in [2.75, 3.05) is 37.6 Å². The number of para-hydroxylation sites is 1. The Morgan fingerprint density at radius 1 is 1.11 bits per heavy atom. The van der Waals surface area contributed by atoms with E-state index in [0.717, 1.165) is 55.8 Å². The van der Waals surface area contributed by atoms with E-state index >= 15 is 0 Å². The number of hydrogen-bond donors (Lipinski definition) is 2. The van der Waals surface area contributed by atoms with Crippen molar-refractivity contribution >= 4 is 46.8 Å². The lowest BCUT2D eigenvalue weighted by Gasteiger charge is -2.36. The molecule has 0 atom stereocenters. The molecule has 1 fully saturated rings. The smallest absolute Gasteiger partial charge is 0.225 e. The van der Waals surface area contributed by atoms with Crippen LogP contribution in [0.1, 0.15) is 12.6 Å². The van der Waals surface area contributed by atoms with Crippen LogP contribution in [0, 0.1) is 0 Å². The average molecular weight is 491 g/mol. The summed E-state index contributed by atoms with van der Waals surface area (Å²) >= 11 is 0. The van der Waals surface area contributed by atoms with Gasteiger partial charge in [0.05, 0.1) is 6.54 Å². The van der Waals surface area contributed by atoms with Gasteiger partial charge in [0.1, 0.15) is 0 Å². The molecule has 1 aliphatic heterocycles. The molecule has 8 heteroatoms. The monoisotopic (exact) mass is 491 g/mol. The standard InChI is InChI=1S/C20H25N7.HI/c1-2-21-19(24-15-17-14-16-6-3-4-7-18(16)25-17)26-10-12-27(13-11-26)20-22-8-5-9-23-20;/h3-9,14,25H,2,10-13,15H2,1H3,(H,21,24);1H. The highest BCUT2D eigenvalue weighted by Crippen LogP contribution is 2.15. The minimum absolute atomic E-state index is 0. The normalized spacial score (nSPS) is 14.8. The summed E-state index contributed by atoms with van der Waals surface area (Å²) in [6.07, 6.45) is 3.58. The lowest BCUT2D eigenvalue weighted by molar-refractivity contribution is 0.370. The molecule has 0 amide bonds. The van der Waals surface area contributed by atoms with Gasteiger partial charge in [0.2, 0.25) is 5.95 Å². The Bertz CT molecular complexity index is 868. The summed E-state index contributed by atoms with van der Waals surface area (Å²) in [5.41, 5.74) is 2.28. The van der Waals surface area contributed by atoms with Crippen LogP contribution in [-0.2, 0) is 6.54 Å². The van der Waals surface area contributed by atoms with Crippen molar-refractivity contribution in [3.63, 3.8) is 0 Å². The zero-order valence-electron chi connectivity index (χ0n) is 16.0. The number of rotatable bonds is 4. The molecule has 148 valence electrons. The van der Waals surface area contributed by atoms with Crippen molar-refractivity contribution in [3.05, 3.63) is 54.5 Å². The van der Waals surface area contributed by atoms with E-state index in [4.69, 9.17) is 4.99 Å². The number of hydrogen-bond acceptors (Lipinski definition) is 4. The SMILES string of the molecule is CCNC(=NCc1cc2ccccc2[nH]1)N1CCN(c2ncccn2)CC1.I. The summed E-state index contributed by atoms with van der Waals surface area (Å²) in [7, 11) is 0. The molecule has 1 saturated heterocycles. The molecule has 0 spiro atoms. The number of guanidine groups is 1. The topological polar surface area (TPSA) is 72.4 Å². The lowest BCUT2D eigenvalue weighted by Crippen LogP contribution is -2.53. The first-order valence-electron chi connectivity index (χ1n) is 9.45. The average Bonchev–Trinajstić information content (AvgIpc) is 3.15. The number of anilines is 1. The first kappa shape index (κ1) is 20.4. The highest BCUT2D eigenvalue weighted by molar-refractivity contribution is 14.0. The minimum Gasteiger partial charge on any atom is -0.357 e. The molecule has 2 aromatic heterocycles. The number of nitrogens with zero attached hydrogens (tertiary/aromatic N) is 5. The number of halogens is 1. The van der Waals surface area contributed by atoms with Gasteiger partial charge in [0.25, 0.3) is 0 Å².